The average molecular weight is 463 g/mol. The summed E-state index contributed by atoms with van der Waals surface area (Å²) in [5.74, 6) is 0.159. The SMILES string of the molecule is COc1cccc(C(=O)N(C2CCCCCC2)C2CC(=O)N(c3ccc(C(C)C)cc3)C2=O)c1. The predicted molar refractivity (Wildman–Crippen MR) is 132 cm³/mol. The van der Waals surface area contributed by atoms with Crippen molar-refractivity contribution in [2.24, 2.45) is 0 Å². The first-order valence-corrected chi connectivity index (χ1v) is 12.3. The smallest absolute Gasteiger partial charge is 0.257 e. The lowest BCUT2D eigenvalue weighted by atomic mass is 10.0. The fourth-order valence-corrected chi connectivity index (χ4v) is 5.12. The molecule has 180 valence electrons. The molecule has 1 saturated carbocycles. The van der Waals surface area contributed by atoms with Crippen LogP contribution in [0, 0.1) is 0 Å². The number of hydrogen-bond acceptors (Lipinski definition) is 4. The molecule has 1 saturated heterocycles. The van der Waals surface area contributed by atoms with Crippen LogP contribution in [0.4, 0.5) is 5.69 Å². The lowest BCUT2D eigenvalue weighted by molar-refractivity contribution is -0.123. The van der Waals surface area contributed by atoms with Crippen LogP contribution < -0.4 is 9.64 Å². The van der Waals surface area contributed by atoms with E-state index in [1.807, 2.05) is 24.3 Å². The Morgan fingerprint density at radius 3 is 2.29 bits per heavy atom. The van der Waals surface area contributed by atoms with Crippen LogP contribution in [0.3, 0.4) is 0 Å². The van der Waals surface area contributed by atoms with E-state index in [0.29, 0.717) is 22.9 Å². The van der Waals surface area contributed by atoms with E-state index in [2.05, 4.69) is 13.8 Å². The van der Waals surface area contributed by atoms with Gasteiger partial charge in [-0.05, 0) is 54.7 Å². The number of hydrogen-bond donors (Lipinski definition) is 0. The molecular formula is C28H34N2O4. The number of anilines is 1. The van der Waals surface area contributed by atoms with Gasteiger partial charge in [-0.25, -0.2) is 4.90 Å². The summed E-state index contributed by atoms with van der Waals surface area (Å²) in [7, 11) is 1.56. The number of rotatable bonds is 6. The number of carbonyl (C=O) groups is 3. The van der Waals surface area contributed by atoms with Crippen LogP contribution in [0.25, 0.3) is 0 Å². The van der Waals surface area contributed by atoms with Gasteiger partial charge < -0.3 is 9.64 Å². The zero-order chi connectivity index (χ0) is 24.2. The Labute approximate surface area is 201 Å². The highest BCUT2D eigenvalue weighted by molar-refractivity contribution is 6.23. The van der Waals surface area contributed by atoms with Crippen molar-refractivity contribution in [2.45, 2.75) is 76.8 Å². The molecule has 2 aromatic carbocycles. The molecule has 34 heavy (non-hydrogen) atoms. The summed E-state index contributed by atoms with van der Waals surface area (Å²) >= 11 is 0. The molecule has 0 radical (unpaired) electrons. The van der Waals surface area contributed by atoms with Gasteiger partial charge in [0.1, 0.15) is 11.8 Å². The van der Waals surface area contributed by atoms with Crippen LogP contribution in [0.1, 0.15) is 80.6 Å². The number of nitrogens with zero attached hydrogens (tertiary/aromatic N) is 2. The van der Waals surface area contributed by atoms with Crippen LogP contribution >= 0.6 is 0 Å². The van der Waals surface area contributed by atoms with Crippen LogP contribution in [-0.4, -0.2) is 41.8 Å². The van der Waals surface area contributed by atoms with Crippen molar-refractivity contribution in [1.29, 1.82) is 0 Å². The maximum absolute atomic E-state index is 13.8. The zero-order valence-electron chi connectivity index (χ0n) is 20.3. The van der Waals surface area contributed by atoms with Crippen molar-refractivity contribution in [3.63, 3.8) is 0 Å². The van der Waals surface area contributed by atoms with Crippen LogP contribution in [0.5, 0.6) is 5.75 Å². The molecule has 2 aromatic rings. The van der Waals surface area contributed by atoms with E-state index >= 15 is 0 Å². The van der Waals surface area contributed by atoms with Gasteiger partial charge in [0.05, 0.1) is 19.2 Å². The van der Waals surface area contributed by atoms with Crippen LogP contribution in [0.15, 0.2) is 48.5 Å². The number of methoxy groups -OCH3 is 1. The predicted octanol–water partition coefficient (Wildman–Crippen LogP) is 5.32. The Hall–Kier alpha value is -3.15. The van der Waals surface area contributed by atoms with E-state index in [0.717, 1.165) is 44.1 Å². The van der Waals surface area contributed by atoms with Crippen molar-refractivity contribution in [1.82, 2.24) is 4.90 Å². The van der Waals surface area contributed by atoms with Gasteiger partial charge in [0.25, 0.3) is 11.8 Å². The molecule has 6 heteroatoms. The highest BCUT2D eigenvalue weighted by Gasteiger charge is 2.46. The minimum Gasteiger partial charge on any atom is -0.497 e. The second-order valence-electron chi connectivity index (χ2n) is 9.62. The van der Waals surface area contributed by atoms with Gasteiger partial charge in [0.2, 0.25) is 5.91 Å². The topological polar surface area (TPSA) is 66.9 Å². The molecular weight excluding hydrogens is 428 g/mol. The fourth-order valence-electron chi connectivity index (χ4n) is 5.12. The third kappa shape index (κ3) is 4.86. The van der Waals surface area contributed by atoms with E-state index in [1.54, 1.807) is 36.3 Å². The average Bonchev–Trinajstić information content (AvgIpc) is 3.00. The standard InChI is InChI=1S/C28H34N2O4/c1-19(2)20-13-15-23(16-14-20)30-26(31)18-25(28(30)33)29(22-10-6-4-5-7-11-22)27(32)21-9-8-12-24(17-21)34-3/h8-9,12-17,19,22,25H,4-7,10-11,18H2,1-3H3. The number of benzene rings is 2. The minimum atomic E-state index is -0.793. The number of ether oxygens (including phenoxy) is 1. The van der Waals surface area contributed by atoms with Crippen molar-refractivity contribution in [3.8, 4) is 5.75 Å². The highest BCUT2D eigenvalue weighted by atomic mass is 16.5. The Kier molecular flexibility index (Phi) is 7.35. The Balaban J connectivity index is 1.67. The molecule has 0 aromatic heterocycles. The number of carbonyl (C=O) groups excluding carboxylic acids is 3. The summed E-state index contributed by atoms with van der Waals surface area (Å²) in [6.45, 7) is 4.21. The molecule has 4 rings (SSSR count). The van der Waals surface area contributed by atoms with Gasteiger partial charge in [-0.3, -0.25) is 14.4 Å². The molecule has 1 atom stereocenters. The van der Waals surface area contributed by atoms with Crippen molar-refractivity contribution in [2.75, 3.05) is 12.0 Å². The van der Waals surface area contributed by atoms with Gasteiger partial charge >= 0.3 is 0 Å². The third-order valence-corrected chi connectivity index (χ3v) is 7.05. The molecule has 1 unspecified atom stereocenters. The fraction of sp³-hybridized carbons (Fsp3) is 0.464. The summed E-state index contributed by atoms with van der Waals surface area (Å²) in [6, 6.07) is 13.7. The van der Waals surface area contributed by atoms with Crippen molar-refractivity contribution in [3.05, 3.63) is 59.7 Å². The van der Waals surface area contributed by atoms with Gasteiger partial charge in [-0.1, -0.05) is 57.7 Å². The summed E-state index contributed by atoms with van der Waals surface area (Å²) in [6.07, 6.45) is 5.99. The minimum absolute atomic E-state index is 0.0109. The van der Waals surface area contributed by atoms with Crippen molar-refractivity contribution < 1.29 is 19.1 Å². The maximum Gasteiger partial charge on any atom is 0.257 e. The Morgan fingerprint density at radius 1 is 1.00 bits per heavy atom. The molecule has 1 heterocycles. The normalized spacial score (nSPS) is 19.4. The first-order chi connectivity index (χ1) is 16.4. The zero-order valence-corrected chi connectivity index (χ0v) is 20.3. The highest BCUT2D eigenvalue weighted by Crippen LogP contribution is 2.32. The van der Waals surface area contributed by atoms with Gasteiger partial charge in [-0.15, -0.1) is 0 Å². The van der Waals surface area contributed by atoms with E-state index in [1.165, 1.54) is 4.90 Å². The molecule has 2 fully saturated rings. The first kappa shape index (κ1) is 24.0. The molecule has 1 aliphatic carbocycles. The largest absolute Gasteiger partial charge is 0.497 e. The Morgan fingerprint density at radius 2 is 1.68 bits per heavy atom. The van der Waals surface area contributed by atoms with Gasteiger partial charge in [0.15, 0.2) is 0 Å². The first-order valence-electron chi connectivity index (χ1n) is 12.3. The molecule has 3 amide bonds. The molecule has 0 N–H and O–H groups in total. The van der Waals surface area contributed by atoms with Crippen LogP contribution in [0.2, 0.25) is 0 Å². The lowest BCUT2D eigenvalue weighted by Gasteiger charge is -2.35. The summed E-state index contributed by atoms with van der Waals surface area (Å²) in [5, 5.41) is 0. The molecule has 6 nitrogen and oxygen atoms in total. The Bertz CT molecular complexity index is 1040. The summed E-state index contributed by atoms with van der Waals surface area (Å²) < 4.78 is 5.32. The van der Waals surface area contributed by atoms with E-state index in [-0.39, 0.29) is 30.2 Å². The lowest BCUT2D eigenvalue weighted by Crippen LogP contribution is -2.50. The molecule has 1 aliphatic heterocycles. The van der Waals surface area contributed by atoms with E-state index < -0.39 is 6.04 Å². The van der Waals surface area contributed by atoms with Crippen molar-refractivity contribution >= 4 is 23.4 Å². The van der Waals surface area contributed by atoms with E-state index in [9.17, 15) is 14.4 Å². The van der Waals surface area contributed by atoms with Crippen LogP contribution in [-0.2, 0) is 9.59 Å². The maximum atomic E-state index is 13.8. The summed E-state index contributed by atoms with van der Waals surface area (Å²) in [4.78, 5) is 43.5. The summed E-state index contributed by atoms with van der Waals surface area (Å²) in [5.41, 5.74) is 2.19. The monoisotopic (exact) mass is 462 g/mol. The van der Waals surface area contributed by atoms with Gasteiger partial charge in [0, 0.05) is 11.6 Å². The number of amides is 3. The molecule has 0 bridgehead atoms. The third-order valence-electron chi connectivity index (χ3n) is 7.05. The number of imide groups is 1. The molecule has 0 spiro atoms. The second-order valence-corrected chi connectivity index (χ2v) is 9.62. The van der Waals surface area contributed by atoms with Gasteiger partial charge in [-0.2, -0.15) is 0 Å². The quantitative estimate of drug-likeness (QED) is 0.431. The van der Waals surface area contributed by atoms with E-state index in [4.69, 9.17) is 4.74 Å². The molecule has 2 aliphatic rings. The second kappa shape index (κ2) is 10.4.